The summed E-state index contributed by atoms with van der Waals surface area (Å²) >= 11 is 0. The number of carboxylic acids is 1. The maximum atomic E-state index is 13.1. The van der Waals surface area contributed by atoms with Crippen LogP contribution in [0.4, 0.5) is 18.0 Å². The largest absolute Gasteiger partial charge is 0.481 e. The fraction of sp³-hybridized carbons (Fsp3) is 0.364. The minimum Gasteiger partial charge on any atom is -0.481 e. The molecular formula is C22H20F3NO5. The van der Waals surface area contributed by atoms with Crippen LogP contribution >= 0.6 is 0 Å². The zero-order chi connectivity index (χ0) is 22.2. The zero-order valence-corrected chi connectivity index (χ0v) is 16.3. The van der Waals surface area contributed by atoms with Gasteiger partial charge in [-0.25, -0.2) is 4.79 Å². The van der Waals surface area contributed by atoms with Crippen LogP contribution in [-0.2, 0) is 14.3 Å². The molecule has 0 unspecified atom stereocenters. The standard InChI is InChI=1S/C22H20F3NO5/c23-22(24,25)19-10-26(13(11-30-19)9-20(27)28)21(29)31-12-18-16-7-3-1-5-14(16)15-6-2-4-8-17(15)18/h1-8,13,18-19H,9-12H2,(H,27,28)/t13-,19-/m1/s1. The van der Waals surface area contributed by atoms with Crippen molar-refractivity contribution in [3.8, 4) is 11.1 Å². The molecule has 1 aliphatic carbocycles. The lowest BCUT2D eigenvalue weighted by Gasteiger charge is -2.38. The number of aliphatic carboxylic acids is 1. The molecule has 6 nitrogen and oxygen atoms in total. The van der Waals surface area contributed by atoms with Crippen molar-refractivity contribution < 1.29 is 37.3 Å². The minimum absolute atomic E-state index is 0.0688. The molecule has 0 aromatic heterocycles. The number of benzene rings is 2. The van der Waals surface area contributed by atoms with E-state index in [-0.39, 0.29) is 12.5 Å². The Hall–Kier alpha value is -3.07. The monoisotopic (exact) mass is 435 g/mol. The van der Waals surface area contributed by atoms with E-state index >= 15 is 0 Å². The van der Waals surface area contributed by atoms with Crippen molar-refractivity contribution in [3.63, 3.8) is 0 Å². The summed E-state index contributed by atoms with van der Waals surface area (Å²) in [6, 6.07) is 14.3. The van der Waals surface area contributed by atoms with Crippen molar-refractivity contribution >= 4 is 12.1 Å². The maximum absolute atomic E-state index is 13.1. The van der Waals surface area contributed by atoms with Crippen LogP contribution in [0, 0.1) is 0 Å². The summed E-state index contributed by atoms with van der Waals surface area (Å²) in [7, 11) is 0. The smallest absolute Gasteiger partial charge is 0.416 e. The lowest BCUT2D eigenvalue weighted by atomic mass is 9.98. The molecule has 2 aliphatic rings. The number of carboxylic acid groups (broad SMARTS) is 1. The van der Waals surface area contributed by atoms with E-state index < -0.39 is 50.0 Å². The van der Waals surface area contributed by atoms with Crippen LogP contribution in [0.5, 0.6) is 0 Å². The Labute approximate surface area is 176 Å². The van der Waals surface area contributed by atoms with E-state index in [4.69, 9.17) is 14.6 Å². The third-order valence-electron chi connectivity index (χ3n) is 5.64. The lowest BCUT2D eigenvalue weighted by molar-refractivity contribution is -0.241. The van der Waals surface area contributed by atoms with Crippen molar-refractivity contribution in [2.24, 2.45) is 0 Å². The van der Waals surface area contributed by atoms with Crippen LogP contribution in [0.25, 0.3) is 11.1 Å². The van der Waals surface area contributed by atoms with Gasteiger partial charge in [0.2, 0.25) is 0 Å². The number of hydrogen-bond donors (Lipinski definition) is 1. The molecule has 0 spiro atoms. The number of ether oxygens (including phenoxy) is 2. The first-order valence-corrected chi connectivity index (χ1v) is 9.77. The average molecular weight is 435 g/mol. The number of rotatable bonds is 4. The Morgan fingerprint density at radius 2 is 1.65 bits per heavy atom. The van der Waals surface area contributed by atoms with E-state index in [2.05, 4.69) is 0 Å². The van der Waals surface area contributed by atoms with Gasteiger partial charge in [0.15, 0.2) is 6.10 Å². The van der Waals surface area contributed by atoms with Crippen LogP contribution in [0.3, 0.4) is 0 Å². The van der Waals surface area contributed by atoms with E-state index in [1.54, 1.807) is 0 Å². The van der Waals surface area contributed by atoms with Crippen LogP contribution < -0.4 is 0 Å². The van der Waals surface area contributed by atoms with Crippen LogP contribution in [-0.4, -0.2) is 60.1 Å². The number of fused-ring (bicyclic) bond motifs is 3. The van der Waals surface area contributed by atoms with Gasteiger partial charge in [-0.2, -0.15) is 13.2 Å². The molecule has 2 aromatic rings. The first-order valence-electron chi connectivity index (χ1n) is 9.77. The van der Waals surface area contributed by atoms with Crippen LogP contribution in [0.15, 0.2) is 48.5 Å². The Kier molecular flexibility index (Phi) is 5.62. The molecule has 0 radical (unpaired) electrons. The van der Waals surface area contributed by atoms with Crippen LogP contribution in [0.1, 0.15) is 23.5 Å². The number of carbonyl (C=O) groups is 2. The number of morpholine rings is 1. The Morgan fingerprint density at radius 3 is 2.19 bits per heavy atom. The first-order chi connectivity index (χ1) is 14.8. The molecule has 0 saturated carbocycles. The van der Waals surface area contributed by atoms with Gasteiger partial charge in [0.1, 0.15) is 6.61 Å². The third-order valence-corrected chi connectivity index (χ3v) is 5.64. The molecule has 9 heteroatoms. The number of halogens is 3. The second-order valence-electron chi connectivity index (χ2n) is 7.57. The van der Waals surface area contributed by atoms with Gasteiger partial charge in [0.05, 0.1) is 25.6 Å². The van der Waals surface area contributed by atoms with Gasteiger partial charge in [0.25, 0.3) is 0 Å². The van der Waals surface area contributed by atoms with Gasteiger partial charge >= 0.3 is 18.2 Å². The van der Waals surface area contributed by atoms with Crippen molar-refractivity contribution in [2.45, 2.75) is 30.7 Å². The van der Waals surface area contributed by atoms with Gasteiger partial charge in [-0.1, -0.05) is 48.5 Å². The summed E-state index contributed by atoms with van der Waals surface area (Å²) in [5.41, 5.74) is 3.97. The minimum atomic E-state index is -4.67. The molecule has 2 aromatic carbocycles. The maximum Gasteiger partial charge on any atom is 0.416 e. The van der Waals surface area contributed by atoms with Crippen molar-refractivity contribution in [3.05, 3.63) is 59.7 Å². The summed E-state index contributed by atoms with van der Waals surface area (Å²) in [6.07, 6.45) is -8.37. The number of nitrogens with zero attached hydrogens (tertiary/aromatic N) is 1. The molecule has 4 rings (SSSR count). The van der Waals surface area contributed by atoms with Gasteiger partial charge < -0.3 is 14.6 Å². The molecular weight excluding hydrogens is 415 g/mol. The number of carbonyl (C=O) groups excluding carboxylic acids is 1. The quantitative estimate of drug-likeness (QED) is 0.785. The van der Waals surface area contributed by atoms with Gasteiger partial charge in [-0.3, -0.25) is 9.69 Å². The summed E-state index contributed by atoms with van der Waals surface area (Å²) in [6.45, 7) is -1.40. The van der Waals surface area contributed by atoms with Crippen molar-refractivity contribution in [1.82, 2.24) is 4.90 Å². The Balaban J connectivity index is 1.52. The molecule has 2 atom stereocenters. The molecule has 164 valence electrons. The highest BCUT2D eigenvalue weighted by molar-refractivity contribution is 5.79. The van der Waals surface area contributed by atoms with E-state index in [1.807, 2.05) is 48.5 Å². The molecule has 1 N–H and O–H groups in total. The van der Waals surface area contributed by atoms with E-state index in [0.717, 1.165) is 27.2 Å². The highest BCUT2D eigenvalue weighted by atomic mass is 19.4. The number of hydrogen-bond acceptors (Lipinski definition) is 4. The third kappa shape index (κ3) is 4.23. The fourth-order valence-corrected chi connectivity index (χ4v) is 4.17. The molecule has 1 heterocycles. The SMILES string of the molecule is O=C(O)C[C@@H]1CO[C@@H](C(F)(F)F)CN1C(=O)OCC1c2ccccc2-c2ccccc21. The predicted octanol–water partition coefficient (Wildman–Crippen LogP) is 4.04. The van der Waals surface area contributed by atoms with Crippen LogP contribution in [0.2, 0.25) is 0 Å². The molecule has 1 amide bonds. The van der Waals surface area contributed by atoms with E-state index in [1.165, 1.54) is 0 Å². The molecule has 1 saturated heterocycles. The Bertz CT molecular complexity index is 948. The predicted molar refractivity (Wildman–Crippen MR) is 104 cm³/mol. The fourth-order valence-electron chi connectivity index (χ4n) is 4.17. The normalized spacial score (nSPS) is 20.8. The molecule has 1 aliphatic heterocycles. The highest BCUT2D eigenvalue weighted by Gasteiger charge is 2.47. The summed E-state index contributed by atoms with van der Waals surface area (Å²) in [4.78, 5) is 24.7. The van der Waals surface area contributed by atoms with Crippen molar-refractivity contribution in [1.29, 1.82) is 0 Å². The van der Waals surface area contributed by atoms with Crippen molar-refractivity contribution in [2.75, 3.05) is 19.8 Å². The topological polar surface area (TPSA) is 76.1 Å². The molecule has 1 fully saturated rings. The van der Waals surface area contributed by atoms with E-state index in [9.17, 15) is 22.8 Å². The summed E-state index contributed by atoms with van der Waals surface area (Å²) in [5.74, 6) is -1.50. The zero-order valence-electron chi connectivity index (χ0n) is 16.3. The number of alkyl halides is 3. The van der Waals surface area contributed by atoms with Gasteiger partial charge in [0, 0.05) is 5.92 Å². The number of amides is 1. The highest BCUT2D eigenvalue weighted by Crippen LogP contribution is 2.44. The molecule has 31 heavy (non-hydrogen) atoms. The molecule has 0 bridgehead atoms. The summed E-state index contributed by atoms with van der Waals surface area (Å²) in [5, 5.41) is 9.06. The average Bonchev–Trinajstić information content (AvgIpc) is 3.05. The van der Waals surface area contributed by atoms with E-state index in [0.29, 0.717) is 0 Å². The summed E-state index contributed by atoms with van der Waals surface area (Å²) < 4.78 is 49.5. The van der Waals surface area contributed by atoms with Gasteiger partial charge in [-0.05, 0) is 22.3 Å². The Morgan fingerprint density at radius 1 is 1.06 bits per heavy atom. The first kappa shape index (κ1) is 21.2. The second-order valence-corrected chi connectivity index (χ2v) is 7.57. The second kappa shape index (κ2) is 8.22. The lowest BCUT2D eigenvalue weighted by Crippen LogP contribution is -2.56. The van der Waals surface area contributed by atoms with Gasteiger partial charge in [-0.15, -0.1) is 0 Å².